The summed E-state index contributed by atoms with van der Waals surface area (Å²) in [6, 6.07) is 10.4. The lowest BCUT2D eigenvalue weighted by molar-refractivity contribution is -0.0638. The van der Waals surface area contributed by atoms with Crippen LogP contribution in [0.4, 0.5) is 0 Å². The van der Waals surface area contributed by atoms with E-state index in [4.69, 9.17) is 0 Å². The molecule has 0 radical (unpaired) electrons. The van der Waals surface area contributed by atoms with E-state index in [1.807, 2.05) is 6.20 Å². The molecule has 0 bridgehead atoms. The maximum atomic E-state index is 4.40. The smallest absolute Gasteiger partial charge is 0.0346 e. The Bertz CT molecular complexity index is 1010. The van der Waals surface area contributed by atoms with Crippen molar-refractivity contribution in [2.45, 2.75) is 89.5 Å². The summed E-state index contributed by atoms with van der Waals surface area (Å²) in [5.74, 6) is 5.86. The fourth-order valence-electron chi connectivity index (χ4n) is 10.1. The fourth-order valence-corrected chi connectivity index (χ4v) is 10.1. The van der Waals surface area contributed by atoms with Crippen LogP contribution in [-0.2, 0) is 0 Å². The average molecular weight is 443 g/mol. The second kappa shape index (κ2) is 8.08. The Morgan fingerprint density at radius 3 is 2.64 bits per heavy atom. The van der Waals surface area contributed by atoms with Gasteiger partial charge in [0.2, 0.25) is 0 Å². The highest BCUT2D eigenvalue weighted by Gasteiger charge is 2.57. The SMILES string of the molecule is C[C@]12CC[C@H]3[C@@H](CC[C@H]4C[C@@H](N5CCCC5)CC[C@@H]43)[C@@H]1CCC2c1ccc2ccncc2c1. The molecule has 4 saturated carbocycles. The molecule has 2 heterocycles. The number of benzene rings is 1. The molecule has 2 nitrogen and oxygen atoms in total. The molecule has 5 fully saturated rings. The van der Waals surface area contributed by atoms with E-state index in [1.165, 1.54) is 94.5 Å². The van der Waals surface area contributed by atoms with Crippen LogP contribution in [0.1, 0.15) is 89.0 Å². The van der Waals surface area contributed by atoms with Crippen LogP contribution in [0.5, 0.6) is 0 Å². The zero-order chi connectivity index (χ0) is 22.0. The second-order valence-corrected chi connectivity index (χ2v) is 12.8. The highest BCUT2D eigenvalue weighted by molar-refractivity contribution is 5.82. The van der Waals surface area contributed by atoms with Crippen LogP contribution in [-0.4, -0.2) is 29.0 Å². The van der Waals surface area contributed by atoms with Crippen molar-refractivity contribution in [2.75, 3.05) is 13.1 Å². The number of hydrogen-bond acceptors (Lipinski definition) is 2. The standard InChI is InChI=1S/C31H42N2/c1-31-14-12-27-26-9-7-25(33-16-2-3-17-33)19-22(26)6-8-28(27)30(31)11-10-29(31)23-5-4-21-13-15-32-20-24(21)18-23/h4-5,13,15,18,20,22,25-30H,2-3,6-12,14,16-17,19H2,1H3/t22-,25-,26-,27+,28+,29?,30-,31+/m0/s1. The molecule has 1 saturated heterocycles. The lowest BCUT2D eigenvalue weighted by Crippen LogP contribution is -2.50. The van der Waals surface area contributed by atoms with Gasteiger partial charge in [0.25, 0.3) is 0 Å². The third kappa shape index (κ3) is 3.33. The van der Waals surface area contributed by atoms with Crippen LogP contribution in [0.2, 0.25) is 0 Å². The Kier molecular flexibility index (Phi) is 5.12. The molecule has 0 amide bonds. The molecule has 0 spiro atoms. The summed E-state index contributed by atoms with van der Waals surface area (Å²) in [7, 11) is 0. The van der Waals surface area contributed by atoms with Gasteiger partial charge < -0.3 is 4.90 Å². The molecule has 33 heavy (non-hydrogen) atoms. The van der Waals surface area contributed by atoms with Crippen LogP contribution in [0.25, 0.3) is 10.8 Å². The number of likely N-dealkylation sites (tertiary alicyclic amines) is 1. The molecular weight excluding hydrogens is 400 g/mol. The van der Waals surface area contributed by atoms with Crippen molar-refractivity contribution in [1.29, 1.82) is 0 Å². The summed E-state index contributed by atoms with van der Waals surface area (Å²) in [4.78, 5) is 7.26. The average Bonchev–Trinajstić information content (AvgIpc) is 3.51. The number of nitrogens with zero attached hydrogens (tertiary/aromatic N) is 2. The lowest BCUT2D eigenvalue weighted by Gasteiger charge is -2.57. The Hall–Kier alpha value is -1.41. The third-order valence-corrected chi connectivity index (χ3v) is 11.7. The van der Waals surface area contributed by atoms with Crippen molar-refractivity contribution < 1.29 is 0 Å². The molecule has 1 aromatic heterocycles. The van der Waals surface area contributed by atoms with Crippen LogP contribution < -0.4 is 0 Å². The number of aromatic nitrogens is 1. The lowest BCUT2D eigenvalue weighted by atomic mass is 9.49. The minimum Gasteiger partial charge on any atom is -0.300 e. The van der Waals surface area contributed by atoms with Gasteiger partial charge in [-0.3, -0.25) is 4.98 Å². The zero-order valence-corrected chi connectivity index (χ0v) is 20.6. The maximum absolute atomic E-state index is 4.40. The molecule has 1 aliphatic heterocycles. The Morgan fingerprint density at radius 1 is 0.848 bits per heavy atom. The normalized spacial score (nSPS) is 43.2. The summed E-state index contributed by atoms with van der Waals surface area (Å²) in [6.07, 6.45) is 20.4. The van der Waals surface area contributed by atoms with Crippen molar-refractivity contribution in [3.63, 3.8) is 0 Å². The van der Waals surface area contributed by atoms with E-state index in [9.17, 15) is 0 Å². The largest absolute Gasteiger partial charge is 0.300 e. The van der Waals surface area contributed by atoms with E-state index in [0.29, 0.717) is 5.41 Å². The van der Waals surface area contributed by atoms with Gasteiger partial charge in [-0.15, -0.1) is 0 Å². The molecule has 5 aliphatic rings. The molecule has 0 N–H and O–H groups in total. The van der Waals surface area contributed by atoms with E-state index in [-0.39, 0.29) is 0 Å². The first kappa shape index (κ1) is 20.9. The minimum absolute atomic E-state index is 0.511. The van der Waals surface area contributed by atoms with Crippen molar-refractivity contribution in [3.8, 4) is 0 Å². The van der Waals surface area contributed by atoms with Gasteiger partial charge in [0.05, 0.1) is 0 Å². The van der Waals surface area contributed by atoms with Crippen LogP contribution in [0.15, 0.2) is 36.7 Å². The summed E-state index contributed by atoms with van der Waals surface area (Å²) >= 11 is 0. The monoisotopic (exact) mass is 442 g/mol. The highest BCUT2D eigenvalue weighted by atomic mass is 15.2. The van der Waals surface area contributed by atoms with Gasteiger partial charge >= 0.3 is 0 Å². The fraction of sp³-hybridized carbons (Fsp3) is 0.710. The van der Waals surface area contributed by atoms with Gasteiger partial charge in [0.1, 0.15) is 0 Å². The highest BCUT2D eigenvalue weighted by Crippen LogP contribution is 2.66. The van der Waals surface area contributed by atoms with E-state index in [1.54, 1.807) is 5.56 Å². The predicted molar refractivity (Wildman–Crippen MR) is 136 cm³/mol. The van der Waals surface area contributed by atoms with E-state index < -0.39 is 0 Å². The topological polar surface area (TPSA) is 16.1 Å². The Morgan fingerprint density at radius 2 is 1.73 bits per heavy atom. The molecule has 2 heteroatoms. The van der Waals surface area contributed by atoms with Crippen molar-refractivity contribution >= 4 is 10.8 Å². The molecule has 7 rings (SSSR count). The first-order valence-electron chi connectivity index (χ1n) is 14.3. The van der Waals surface area contributed by atoms with E-state index >= 15 is 0 Å². The van der Waals surface area contributed by atoms with Crippen molar-refractivity contribution in [1.82, 2.24) is 9.88 Å². The molecule has 8 atom stereocenters. The van der Waals surface area contributed by atoms with Gasteiger partial charge in [-0.05, 0) is 148 Å². The van der Waals surface area contributed by atoms with Crippen LogP contribution in [0.3, 0.4) is 0 Å². The summed E-state index contributed by atoms with van der Waals surface area (Å²) in [5.41, 5.74) is 2.11. The number of hydrogen-bond donors (Lipinski definition) is 0. The maximum Gasteiger partial charge on any atom is 0.0346 e. The van der Waals surface area contributed by atoms with Crippen molar-refractivity contribution in [3.05, 3.63) is 42.2 Å². The summed E-state index contributed by atoms with van der Waals surface area (Å²) < 4.78 is 0. The first-order valence-corrected chi connectivity index (χ1v) is 14.3. The minimum atomic E-state index is 0.511. The Labute approximate surface area is 200 Å². The van der Waals surface area contributed by atoms with E-state index in [0.717, 1.165) is 41.5 Å². The summed E-state index contributed by atoms with van der Waals surface area (Å²) in [6.45, 7) is 5.47. The Balaban J connectivity index is 1.10. The second-order valence-electron chi connectivity index (χ2n) is 12.8. The molecule has 1 aromatic carbocycles. The van der Waals surface area contributed by atoms with Gasteiger partial charge in [0.15, 0.2) is 0 Å². The van der Waals surface area contributed by atoms with Crippen LogP contribution in [0, 0.1) is 35.0 Å². The number of rotatable bonds is 2. The van der Waals surface area contributed by atoms with Gasteiger partial charge in [-0.1, -0.05) is 19.1 Å². The molecule has 1 unspecified atom stereocenters. The number of fused-ring (bicyclic) bond motifs is 6. The molecule has 4 aliphatic carbocycles. The number of pyridine rings is 1. The van der Waals surface area contributed by atoms with E-state index in [2.05, 4.69) is 47.3 Å². The van der Waals surface area contributed by atoms with Crippen LogP contribution >= 0.6 is 0 Å². The molecule has 176 valence electrons. The predicted octanol–water partition coefficient (Wildman–Crippen LogP) is 7.44. The van der Waals surface area contributed by atoms with Gasteiger partial charge in [-0.2, -0.15) is 0 Å². The summed E-state index contributed by atoms with van der Waals surface area (Å²) in [5, 5.41) is 2.66. The first-order chi connectivity index (χ1) is 16.2. The zero-order valence-electron chi connectivity index (χ0n) is 20.6. The van der Waals surface area contributed by atoms with Gasteiger partial charge in [-0.25, -0.2) is 0 Å². The quantitative estimate of drug-likeness (QED) is 0.480. The molecular formula is C31H42N2. The van der Waals surface area contributed by atoms with Gasteiger partial charge in [0, 0.05) is 23.8 Å². The van der Waals surface area contributed by atoms with Crippen molar-refractivity contribution in [2.24, 2.45) is 35.0 Å². The molecule has 2 aromatic rings. The third-order valence-electron chi connectivity index (χ3n) is 11.7.